The summed E-state index contributed by atoms with van der Waals surface area (Å²) < 4.78 is 5.22. The Morgan fingerprint density at radius 1 is 1.00 bits per heavy atom. The quantitative estimate of drug-likeness (QED) is 0.470. The van der Waals surface area contributed by atoms with Crippen LogP contribution in [0.15, 0.2) is 65.5 Å². The normalized spacial score (nSPS) is 9.64. The van der Waals surface area contributed by atoms with Crippen LogP contribution in [0.25, 0.3) is 11.3 Å². The fourth-order valence-electron chi connectivity index (χ4n) is 2.03. The highest BCUT2D eigenvalue weighted by molar-refractivity contribution is 5.60. The Hall–Kier alpha value is -3.63. The molecule has 0 aliphatic rings. The maximum absolute atomic E-state index is 5.57. The molecule has 1 heterocycles. The van der Waals surface area contributed by atoms with Crippen LogP contribution in [0.1, 0.15) is 5.56 Å². The fourth-order valence-corrected chi connectivity index (χ4v) is 2.03. The van der Waals surface area contributed by atoms with Crippen molar-refractivity contribution in [2.24, 2.45) is 5.73 Å². The van der Waals surface area contributed by atoms with Crippen LogP contribution in [0.2, 0.25) is 0 Å². The van der Waals surface area contributed by atoms with E-state index in [0.29, 0.717) is 12.3 Å². The average Bonchev–Trinajstić information content (AvgIpc) is 3.20. The van der Waals surface area contributed by atoms with Gasteiger partial charge in [0.25, 0.3) is 0 Å². The van der Waals surface area contributed by atoms with Crippen molar-refractivity contribution in [3.63, 3.8) is 0 Å². The molecule has 25 heavy (non-hydrogen) atoms. The predicted octanol–water partition coefficient (Wildman–Crippen LogP) is 3.11. The van der Waals surface area contributed by atoms with E-state index in [-0.39, 0.29) is 0 Å². The zero-order valence-corrected chi connectivity index (χ0v) is 13.2. The number of nitrogens with zero attached hydrogens (tertiary/aromatic N) is 1. The number of benzene rings is 2. The van der Waals surface area contributed by atoms with Gasteiger partial charge in [-0.05, 0) is 42.0 Å². The number of rotatable bonds is 6. The molecule has 0 radical (unpaired) electrons. The van der Waals surface area contributed by atoms with Crippen LogP contribution in [0.4, 0.5) is 11.4 Å². The highest BCUT2D eigenvalue weighted by Gasteiger charge is 2.00. The Morgan fingerprint density at radius 3 is 2.44 bits per heavy atom. The van der Waals surface area contributed by atoms with Crippen molar-refractivity contribution < 1.29 is 14.1 Å². The van der Waals surface area contributed by atoms with Gasteiger partial charge >= 0.3 is 0 Å². The minimum absolute atomic E-state index is 0.462. The zero-order valence-electron chi connectivity index (χ0n) is 13.2. The number of oxazole rings is 1. The summed E-state index contributed by atoms with van der Waals surface area (Å²) in [5.41, 5.74) is 14.4. The molecule has 4 N–H and O–H groups in total. The summed E-state index contributed by atoms with van der Waals surface area (Å²) in [5.74, 6) is 0.699. The van der Waals surface area contributed by atoms with Gasteiger partial charge < -0.3 is 19.8 Å². The number of aromatic nitrogens is 1. The second kappa shape index (κ2) is 8.29. The molecule has 0 saturated carbocycles. The van der Waals surface area contributed by atoms with E-state index in [2.05, 4.69) is 28.2 Å². The molecule has 0 aliphatic heterocycles. The van der Waals surface area contributed by atoms with Crippen molar-refractivity contribution in [1.82, 2.24) is 4.98 Å². The van der Waals surface area contributed by atoms with Crippen LogP contribution in [-0.4, -0.2) is 4.98 Å². The molecular weight excluding hydrogens is 320 g/mol. The lowest BCUT2D eigenvalue weighted by Crippen LogP contribution is -2.00. The Morgan fingerprint density at radius 2 is 1.76 bits per heavy atom. The summed E-state index contributed by atoms with van der Waals surface area (Å²) in [7, 11) is 0. The van der Waals surface area contributed by atoms with E-state index in [1.807, 2.05) is 48.5 Å². The molecule has 0 fully saturated rings. The third-order valence-electron chi connectivity index (χ3n) is 3.25. The first kappa shape index (κ1) is 16.2. The van der Waals surface area contributed by atoms with Crippen molar-refractivity contribution in [2.45, 2.75) is 6.54 Å². The largest absolute Gasteiger partial charge is 0.444 e. The number of anilines is 2. The molecule has 126 valence electrons. The molecule has 0 bridgehead atoms. The van der Waals surface area contributed by atoms with Crippen LogP contribution in [0.5, 0.6) is 0 Å². The molecule has 2 aromatic carbocycles. The van der Waals surface area contributed by atoms with Crippen LogP contribution in [0, 0.1) is 12.2 Å². The van der Waals surface area contributed by atoms with E-state index in [9.17, 15) is 0 Å². The van der Waals surface area contributed by atoms with Gasteiger partial charge in [-0.15, -0.1) is 0 Å². The van der Waals surface area contributed by atoms with Crippen LogP contribution < -0.4 is 16.7 Å². The molecule has 7 nitrogen and oxygen atoms in total. The molecule has 0 spiro atoms. The first-order chi connectivity index (χ1) is 12.3. The van der Waals surface area contributed by atoms with Gasteiger partial charge in [-0.3, -0.25) is 0 Å². The van der Waals surface area contributed by atoms with Crippen molar-refractivity contribution >= 4 is 11.4 Å². The minimum Gasteiger partial charge on any atom is -0.444 e. The van der Waals surface area contributed by atoms with Crippen molar-refractivity contribution in [1.29, 1.82) is 0 Å². The Balaban J connectivity index is 1.43. The van der Waals surface area contributed by atoms with Crippen molar-refractivity contribution in [3.8, 4) is 23.5 Å². The lowest BCUT2D eigenvalue weighted by molar-refractivity contribution is 0.327. The van der Waals surface area contributed by atoms with Gasteiger partial charge in [0.2, 0.25) is 0 Å². The first-order valence-electron chi connectivity index (χ1n) is 7.47. The summed E-state index contributed by atoms with van der Waals surface area (Å²) in [6.45, 7) is 0.462. The van der Waals surface area contributed by atoms with Gasteiger partial charge in [0, 0.05) is 12.1 Å². The van der Waals surface area contributed by atoms with E-state index in [1.165, 1.54) is 6.39 Å². The number of hydrogen-bond donors (Lipinski definition) is 3. The summed E-state index contributed by atoms with van der Waals surface area (Å²) in [6, 6.07) is 14.9. The Labute approximate surface area is 144 Å². The molecule has 7 heteroatoms. The number of nitrogens with one attached hydrogen (secondary N) is 2. The second-order valence-electron chi connectivity index (χ2n) is 4.96. The molecule has 0 amide bonds. The smallest absolute Gasteiger partial charge is 0.192 e. The fraction of sp³-hybridized carbons (Fsp3) is 0.0556. The summed E-state index contributed by atoms with van der Waals surface area (Å²) in [5, 5.41) is 0. The zero-order chi connectivity index (χ0) is 17.3. The average molecular weight is 336 g/mol. The van der Waals surface area contributed by atoms with Crippen molar-refractivity contribution in [2.75, 3.05) is 11.0 Å². The first-order valence-corrected chi connectivity index (χ1v) is 7.47. The van der Waals surface area contributed by atoms with Gasteiger partial charge in [-0.2, -0.15) is 0 Å². The standard InChI is InChI=1S/C18H16N4O3/c19-11-14-2-1-3-17(10-14)22-25-9-8-24-21-16-6-4-15(5-7-16)18-12-20-13-23-18/h1-7,10,12-13,21-22H,11,19H2. The second-order valence-corrected chi connectivity index (χ2v) is 4.96. The van der Waals surface area contributed by atoms with Gasteiger partial charge in [-0.1, -0.05) is 12.1 Å². The van der Waals surface area contributed by atoms with E-state index in [0.717, 1.165) is 22.5 Å². The summed E-state index contributed by atoms with van der Waals surface area (Å²) in [4.78, 5) is 13.9. The molecule has 0 aliphatic carbocycles. The summed E-state index contributed by atoms with van der Waals surface area (Å²) >= 11 is 0. The molecule has 0 atom stereocenters. The molecule has 0 saturated heterocycles. The minimum atomic E-state index is 0.462. The third-order valence-corrected chi connectivity index (χ3v) is 3.25. The lowest BCUT2D eigenvalue weighted by Gasteiger charge is -2.04. The van der Waals surface area contributed by atoms with E-state index in [4.69, 9.17) is 19.8 Å². The SMILES string of the molecule is NCc1cccc(NOC#CONc2ccc(-c3cnco3)cc2)c1. The highest BCUT2D eigenvalue weighted by Crippen LogP contribution is 2.20. The molecule has 1 aromatic heterocycles. The van der Waals surface area contributed by atoms with Crippen LogP contribution in [-0.2, 0) is 16.2 Å². The molecule has 3 aromatic rings. The highest BCUT2D eigenvalue weighted by atomic mass is 16.7. The van der Waals surface area contributed by atoms with Gasteiger partial charge in [0.15, 0.2) is 24.4 Å². The predicted molar refractivity (Wildman–Crippen MR) is 93.5 cm³/mol. The topological polar surface area (TPSA) is 94.6 Å². The molecule has 0 unspecified atom stereocenters. The monoisotopic (exact) mass is 336 g/mol. The Bertz CT molecular complexity index is 852. The molecule has 3 rings (SSSR count). The molecular formula is C18H16N4O3. The maximum Gasteiger partial charge on any atom is 0.192 e. The van der Waals surface area contributed by atoms with E-state index < -0.39 is 0 Å². The maximum atomic E-state index is 5.57. The number of nitrogens with two attached hydrogens (primary N) is 1. The Kier molecular flexibility index (Phi) is 5.38. The third kappa shape index (κ3) is 4.67. The van der Waals surface area contributed by atoms with Crippen LogP contribution >= 0.6 is 0 Å². The van der Waals surface area contributed by atoms with Gasteiger partial charge in [-0.25, -0.2) is 15.9 Å². The summed E-state index contributed by atoms with van der Waals surface area (Å²) in [6.07, 6.45) is 7.79. The van der Waals surface area contributed by atoms with Crippen LogP contribution in [0.3, 0.4) is 0 Å². The lowest BCUT2D eigenvalue weighted by atomic mass is 10.2. The number of hydrogen-bond acceptors (Lipinski definition) is 7. The van der Waals surface area contributed by atoms with E-state index >= 15 is 0 Å². The van der Waals surface area contributed by atoms with E-state index in [1.54, 1.807) is 6.20 Å². The van der Waals surface area contributed by atoms with Gasteiger partial charge in [0.05, 0.1) is 17.6 Å². The van der Waals surface area contributed by atoms with Crippen molar-refractivity contribution in [3.05, 3.63) is 66.7 Å². The van der Waals surface area contributed by atoms with Gasteiger partial charge in [0.1, 0.15) is 0 Å².